The van der Waals surface area contributed by atoms with E-state index < -0.39 is 15.2 Å². The van der Waals surface area contributed by atoms with E-state index in [1.54, 1.807) is 12.1 Å². The van der Waals surface area contributed by atoms with E-state index in [0.717, 1.165) is 16.7 Å². The minimum atomic E-state index is -1.48. The molecule has 1 rings (SSSR count). The second kappa shape index (κ2) is 5.72. The molecule has 0 aliphatic rings. The highest BCUT2D eigenvalue weighted by atomic mass is 28.3. The van der Waals surface area contributed by atoms with Crippen LogP contribution in [0.4, 0.5) is 0 Å². The Balaban J connectivity index is 3.33. The monoisotopic (exact) mass is 261 g/mol. The van der Waals surface area contributed by atoms with Gasteiger partial charge in [0, 0.05) is 12.1 Å². The molecular formula is C13H20BNO2Si. The Morgan fingerprint density at radius 1 is 1.28 bits per heavy atom. The maximum absolute atomic E-state index is 9.26. The smallest absolute Gasteiger partial charge is 0.423 e. The van der Waals surface area contributed by atoms with Crippen LogP contribution in [0.25, 0.3) is 0 Å². The van der Waals surface area contributed by atoms with Crippen molar-refractivity contribution in [3.63, 3.8) is 0 Å². The van der Waals surface area contributed by atoms with Gasteiger partial charge in [-0.05, 0) is 29.6 Å². The number of rotatable bonds is 2. The third-order valence-electron chi connectivity index (χ3n) is 2.63. The maximum Gasteiger partial charge on any atom is 0.488 e. The fourth-order valence-electron chi connectivity index (χ4n) is 1.54. The van der Waals surface area contributed by atoms with E-state index in [0.29, 0.717) is 12.0 Å². The van der Waals surface area contributed by atoms with Gasteiger partial charge >= 0.3 is 7.12 Å². The van der Waals surface area contributed by atoms with E-state index in [4.69, 9.17) is 5.73 Å². The summed E-state index contributed by atoms with van der Waals surface area (Å²) >= 11 is 0. The quantitative estimate of drug-likeness (QED) is 0.532. The van der Waals surface area contributed by atoms with Crippen molar-refractivity contribution in [3.8, 4) is 11.5 Å². The van der Waals surface area contributed by atoms with Crippen LogP contribution < -0.4 is 11.2 Å². The zero-order valence-electron chi connectivity index (χ0n) is 11.4. The van der Waals surface area contributed by atoms with E-state index in [1.165, 1.54) is 0 Å². The molecule has 0 bridgehead atoms. The molecule has 96 valence electrons. The van der Waals surface area contributed by atoms with Crippen molar-refractivity contribution in [2.45, 2.75) is 33.1 Å². The molecule has 0 saturated heterocycles. The van der Waals surface area contributed by atoms with Crippen LogP contribution in [0.2, 0.25) is 19.6 Å². The summed E-state index contributed by atoms with van der Waals surface area (Å²) in [6.45, 7) is 8.84. The van der Waals surface area contributed by atoms with Crippen LogP contribution in [0, 0.1) is 18.4 Å². The van der Waals surface area contributed by atoms with Gasteiger partial charge in [0.2, 0.25) is 0 Å². The van der Waals surface area contributed by atoms with Gasteiger partial charge in [-0.2, -0.15) is 0 Å². The van der Waals surface area contributed by atoms with Gasteiger partial charge in [-0.15, -0.1) is 5.54 Å². The lowest BCUT2D eigenvalue weighted by Gasteiger charge is -2.10. The van der Waals surface area contributed by atoms with E-state index in [1.807, 2.05) is 6.92 Å². The normalized spacial score (nSPS) is 10.8. The minimum absolute atomic E-state index is 0.369. The molecule has 0 atom stereocenters. The Morgan fingerprint density at radius 2 is 1.89 bits per heavy atom. The zero-order chi connectivity index (χ0) is 13.9. The van der Waals surface area contributed by atoms with E-state index in [2.05, 4.69) is 31.1 Å². The fourth-order valence-corrected chi connectivity index (χ4v) is 2.05. The second-order valence-corrected chi connectivity index (χ2v) is 10.2. The van der Waals surface area contributed by atoms with Gasteiger partial charge in [0.1, 0.15) is 8.07 Å². The molecule has 0 unspecified atom stereocenters. The number of hydrogen-bond donors (Lipinski definition) is 3. The highest BCUT2D eigenvalue weighted by molar-refractivity contribution is 6.83. The molecule has 0 amide bonds. The maximum atomic E-state index is 9.26. The van der Waals surface area contributed by atoms with Crippen molar-refractivity contribution in [2.24, 2.45) is 5.73 Å². The van der Waals surface area contributed by atoms with E-state index >= 15 is 0 Å². The van der Waals surface area contributed by atoms with Crippen molar-refractivity contribution < 1.29 is 10.0 Å². The highest BCUT2D eigenvalue weighted by Crippen LogP contribution is 2.12. The number of nitrogens with two attached hydrogens (primary N) is 1. The lowest BCUT2D eigenvalue weighted by molar-refractivity contribution is 0.425. The Hall–Kier alpha value is -1.06. The van der Waals surface area contributed by atoms with Crippen LogP contribution in [0.3, 0.4) is 0 Å². The van der Waals surface area contributed by atoms with Gasteiger partial charge in [-0.25, -0.2) is 0 Å². The Morgan fingerprint density at radius 3 is 2.33 bits per heavy atom. The third-order valence-corrected chi connectivity index (χ3v) is 3.50. The topological polar surface area (TPSA) is 66.5 Å². The molecule has 0 spiro atoms. The van der Waals surface area contributed by atoms with Crippen LogP contribution in [0.15, 0.2) is 12.1 Å². The molecule has 4 N–H and O–H groups in total. The summed E-state index contributed by atoms with van der Waals surface area (Å²) in [7, 11) is -2.94. The molecule has 0 aliphatic heterocycles. The van der Waals surface area contributed by atoms with Gasteiger partial charge in [0.25, 0.3) is 0 Å². The fraction of sp³-hybridized carbons (Fsp3) is 0.385. The molecule has 0 aromatic heterocycles. The van der Waals surface area contributed by atoms with Crippen LogP contribution in [-0.4, -0.2) is 25.2 Å². The summed E-state index contributed by atoms with van der Waals surface area (Å²) in [6.07, 6.45) is 0. The molecule has 0 fully saturated rings. The SMILES string of the molecule is Cc1c(C#C[Si](C)(C)C)cc(B(O)O)cc1CN. The largest absolute Gasteiger partial charge is 0.488 e. The average molecular weight is 261 g/mol. The molecule has 18 heavy (non-hydrogen) atoms. The first-order valence-electron chi connectivity index (χ1n) is 5.97. The number of benzene rings is 1. The predicted octanol–water partition coefficient (Wildman–Crippen LogP) is 0.362. The number of hydrogen-bond acceptors (Lipinski definition) is 3. The molecule has 1 aromatic rings. The van der Waals surface area contributed by atoms with E-state index in [9.17, 15) is 10.0 Å². The van der Waals surface area contributed by atoms with Crippen LogP contribution in [0.5, 0.6) is 0 Å². The summed E-state index contributed by atoms with van der Waals surface area (Å²) < 4.78 is 0. The Kier molecular flexibility index (Phi) is 4.77. The summed E-state index contributed by atoms with van der Waals surface area (Å²) in [5.41, 5.74) is 12.2. The first kappa shape index (κ1) is 15.0. The van der Waals surface area contributed by atoms with Gasteiger partial charge in [-0.1, -0.05) is 31.6 Å². The summed E-state index contributed by atoms with van der Waals surface area (Å²) in [6, 6.07) is 3.45. The van der Waals surface area contributed by atoms with Gasteiger partial charge in [0.15, 0.2) is 0 Å². The van der Waals surface area contributed by atoms with Gasteiger partial charge in [-0.3, -0.25) is 0 Å². The average Bonchev–Trinajstić information content (AvgIpc) is 2.26. The van der Waals surface area contributed by atoms with Crippen molar-refractivity contribution >= 4 is 20.7 Å². The standard InChI is InChI=1S/C13H20BNO2Si/c1-10-11(5-6-18(2,3)4)7-13(14(16)17)8-12(10)9-15/h7-8,16-17H,9,15H2,1-4H3. The molecule has 5 heteroatoms. The second-order valence-electron chi connectivity index (χ2n) is 5.43. The van der Waals surface area contributed by atoms with E-state index in [-0.39, 0.29) is 0 Å². The van der Waals surface area contributed by atoms with Gasteiger partial charge < -0.3 is 15.8 Å². The summed E-state index contributed by atoms with van der Waals surface area (Å²) in [5, 5.41) is 18.5. The van der Waals surface area contributed by atoms with Crippen molar-refractivity contribution in [1.82, 2.24) is 0 Å². The Labute approximate surface area is 110 Å². The van der Waals surface area contributed by atoms with Crippen molar-refractivity contribution in [1.29, 1.82) is 0 Å². The predicted molar refractivity (Wildman–Crippen MR) is 79.1 cm³/mol. The summed E-state index contributed by atoms with van der Waals surface area (Å²) in [4.78, 5) is 0. The Bertz CT molecular complexity index is 498. The molecule has 1 aromatic carbocycles. The molecule has 3 nitrogen and oxygen atoms in total. The van der Waals surface area contributed by atoms with Gasteiger partial charge in [0.05, 0.1) is 0 Å². The molecule has 0 aliphatic carbocycles. The first-order valence-corrected chi connectivity index (χ1v) is 9.47. The third kappa shape index (κ3) is 4.00. The first-order chi connectivity index (χ1) is 8.24. The molecule has 0 saturated carbocycles. The molecule has 0 heterocycles. The van der Waals surface area contributed by atoms with Crippen LogP contribution >= 0.6 is 0 Å². The molecule has 0 radical (unpaired) electrons. The lowest BCUT2D eigenvalue weighted by Crippen LogP contribution is -2.31. The zero-order valence-corrected chi connectivity index (χ0v) is 12.4. The lowest BCUT2D eigenvalue weighted by atomic mass is 9.77. The minimum Gasteiger partial charge on any atom is -0.423 e. The van der Waals surface area contributed by atoms with Crippen molar-refractivity contribution in [3.05, 3.63) is 28.8 Å². The molecular weight excluding hydrogens is 241 g/mol. The van der Waals surface area contributed by atoms with Crippen LogP contribution in [-0.2, 0) is 6.54 Å². The highest BCUT2D eigenvalue weighted by Gasteiger charge is 2.15. The van der Waals surface area contributed by atoms with Crippen LogP contribution in [0.1, 0.15) is 16.7 Å². The summed E-state index contributed by atoms with van der Waals surface area (Å²) in [5.74, 6) is 3.16. The van der Waals surface area contributed by atoms with Crippen molar-refractivity contribution in [2.75, 3.05) is 0 Å².